The van der Waals surface area contributed by atoms with E-state index in [0.29, 0.717) is 32.9 Å². The van der Waals surface area contributed by atoms with Gasteiger partial charge >= 0.3 is 0 Å². The summed E-state index contributed by atoms with van der Waals surface area (Å²) in [6.07, 6.45) is 5.43. The number of nitriles is 1. The van der Waals surface area contributed by atoms with Crippen molar-refractivity contribution in [1.82, 2.24) is 30.8 Å². The van der Waals surface area contributed by atoms with Crippen molar-refractivity contribution in [3.63, 3.8) is 0 Å². The molecular weight excluding hydrogens is 712 g/mol. The molecule has 3 aromatic carbocycles. The van der Waals surface area contributed by atoms with Gasteiger partial charge in [-0.25, -0.2) is 4.39 Å². The molecule has 0 spiro atoms. The number of carbonyl (C=O) groups is 1. The van der Waals surface area contributed by atoms with Gasteiger partial charge in [0, 0.05) is 67.8 Å². The van der Waals surface area contributed by atoms with Crippen LogP contribution in [0.4, 0.5) is 21.5 Å². The first kappa shape index (κ1) is 36.5. The minimum absolute atomic E-state index is 0.0305. The second-order valence-corrected chi connectivity index (χ2v) is 15.1. The van der Waals surface area contributed by atoms with Crippen LogP contribution in [-0.2, 0) is 0 Å². The molecule has 4 N–H and O–H groups in total. The van der Waals surface area contributed by atoms with Crippen LogP contribution in [0.5, 0.6) is 0 Å². The van der Waals surface area contributed by atoms with Gasteiger partial charge in [0.05, 0.1) is 49.3 Å². The normalized spacial score (nSPS) is 16.0. The van der Waals surface area contributed by atoms with Gasteiger partial charge in [0.1, 0.15) is 6.07 Å². The van der Waals surface area contributed by atoms with E-state index >= 15 is 4.39 Å². The Balaban J connectivity index is 1.39. The molecule has 0 saturated carbocycles. The first-order chi connectivity index (χ1) is 24.2. The third-order valence-corrected chi connectivity index (χ3v) is 10.3. The minimum atomic E-state index is -0.758. The van der Waals surface area contributed by atoms with Gasteiger partial charge in [0.25, 0.3) is 5.91 Å². The lowest BCUT2D eigenvalue weighted by molar-refractivity contribution is 0.0570. The molecule has 14 heteroatoms. The SMILES string of the molecule is CN(C)C(=O)c1cccc([C@H](Nc2cc(Cl)c3ncc(C#N)c(Nc4ccc(Cl)c(Cl)c4F)c3c2)C2=CN(C3CCN(C(C)(C)C)CC3)NN2)c1. The lowest BCUT2D eigenvalue weighted by Crippen LogP contribution is -2.52. The summed E-state index contributed by atoms with van der Waals surface area (Å²) in [7, 11) is 3.43. The molecule has 51 heavy (non-hydrogen) atoms. The highest BCUT2D eigenvalue weighted by atomic mass is 35.5. The van der Waals surface area contributed by atoms with Crippen molar-refractivity contribution in [1.29, 1.82) is 5.26 Å². The quantitative estimate of drug-likeness (QED) is 0.132. The van der Waals surface area contributed by atoms with Crippen LogP contribution in [0.2, 0.25) is 15.1 Å². The molecule has 1 atom stereocenters. The fraction of sp³-hybridized carbons (Fsp3) is 0.324. The molecule has 0 aliphatic carbocycles. The summed E-state index contributed by atoms with van der Waals surface area (Å²) >= 11 is 19.0. The van der Waals surface area contributed by atoms with Crippen molar-refractivity contribution in [3.8, 4) is 6.07 Å². The molecular formula is C37H39Cl3FN9O. The predicted molar refractivity (Wildman–Crippen MR) is 203 cm³/mol. The summed E-state index contributed by atoms with van der Waals surface area (Å²) in [6.45, 7) is 8.71. The van der Waals surface area contributed by atoms with Crippen LogP contribution >= 0.6 is 34.8 Å². The number of anilines is 3. The topological polar surface area (TPSA) is 112 Å². The summed E-state index contributed by atoms with van der Waals surface area (Å²) in [5, 5.41) is 19.4. The maximum atomic E-state index is 15.2. The monoisotopic (exact) mass is 749 g/mol. The summed E-state index contributed by atoms with van der Waals surface area (Å²) in [6, 6.07) is 15.9. The Bertz CT molecular complexity index is 2050. The number of aromatic nitrogens is 1. The number of fused-ring (bicyclic) bond motifs is 1. The molecule has 0 unspecified atom stereocenters. The van der Waals surface area contributed by atoms with Crippen LogP contribution in [0.3, 0.4) is 0 Å². The molecule has 4 aromatic rings. The molecule has 0 radical (unpaired) electrons. The predicted octanol–water partition coefficient (Wildman–Crippen LogP) is 8.23. The van der Waals surface area contributed by atoms with Crippen molar-refractivity contribution in [3.05, 3.63) is 104 Å². The van der Waals surface area contributed by atoms with Gasteiger partial charge in [-0.3, -0.25) is 19.7 Å². The number of halogens is 4. The Hall–Kier alpha value is -4.31. The van der Waals surface area contributed by atoms with Crippen molar-refractivity contribution >= 4 is 68.7 Å². The van der Waals surface area contributed by atoms with E-state index in [1.165, 1.54) is 23.2 Å². The number of nitrogens with zero attached hydrogens (tertiary/aromatic N) is 5. The standard InChI is InChI=1S/C37H39Cl3FN9O/c1-37(2,3)49-13-11-25(12-14-49)50-20-30(46-47-50)34(21-7-6-8-22(15-21)36(51)48(4)5)44-24-16-26-33(23(18-42)19-43-35(26)28(39)17-24)45-29-10-9-27(38)31(40)32(29)41/h6-10,15-17,19-20,25,34,44,46-47H,11-14H2,1-5H3,(H,43,45)/t34-/m0/s1. The molecule has 1 fully saturated rings. The summed E-state index contributed by atoms with van der Waals surface area (Å²) in [5.41, 5.74) is 10.5. The zero-order valence-corrected chi connectivity index (χ0v) is 31.2. The number of benzene rings is 3. The fourth-order valence-corrected chi connectivity index (χ4v) is 7.02. The molecule has 6 rings (SSSR count). The zero-order valence-electron chi connectivity index (χ0n) is 28.9. The van der Waals surface area contributed by atoms with Gasteiger partial charge in [-0.05, 0) is 75.6 Å². The van der Waals surface area contributed by atoms with Crippen LogP contribution in [0.25, 0.3) is 10.9 Å². The van der Waals surface area contributed by atoms with Gasteiger partial charge < -0.3 is 21.0 Å². The van der Waals surface area contributed by atoms with E-state index in [-0.39, 0.29) is 38.8 Å². The van der Waals surface area contributed by atoms with E-state index in [9.17, 15) is 10.1 Å². The number of hydrogen-bond donors (Lipinski definition) is 4. The number of hydrogen-bond acceptors (Lipinski definition) is 9. The number of carbonyl (C=O) groups excluding carboxylic acids is 1. The molecule has 1 amide bonds. The fourth-order valence-electron chi connectivity index (χ4n) is 6.44. The van der Waals surface area contributed by atoms with Crippen LogP contribution in [0.1, 0.15) is 61.1 Å². The van der Waals surface area contributed by atoms with Crippen LogP contribution in [0.15, 0.2) is 66.6 Å². The summed E-state index contributed by atoms with van der Waals surface area (Å²) in [4.78, 5) is 21.5. The Morgan fingerprint density at radius 1 is 1.10 bits per heavy atom. The Labute approximate surface area is 312 Å². The van der Waals surface area contributed by atoms with Gasteiger partial charge in [-0.1, -0.05) is 46.9 Å². The number of likely N-dealkylation sites (tertiary alicyclic amines) is 1. The highest BCUT2D eigenvalue weighted by Gasteiger charge is 2.32. The first-order valence-corrected chi connectivity index (χ1v) is 17.7. The van der Waals surface area contributed by atoms with E-state index in [0.717, 1.165) is 37.2 Å². The van der Waals surface area contributed by atoms with E-state index < -0.39 is 11.9 Å². The highest BCUT2D eigenvalue weighted by Crippen LogP contribution is 2.39. The Morgan fingerprint density at radius 3 is 2.53 bits per heavy atom. The Kier molecular flexibility index (Phi) is 10.5. The highest BCUT2D eigenvalue weighted by molar-refractivity contribution is 6.42. The molecule has 1 aromatic heterocycles. The maximum absolute atomic E-state index is 15.2. The van der Waals surface area contributed by atoms with Crippen LogP contribution in [-0.4, -0.2) is 64.5 Å². The van der Waals surface area contributed by atoms with Crippen LogP contribution < -0.4 is 21.6 Å². The van der Waals surface area contributed by atoms with Crippen molar-refractivity contribution in [2.75, 3.05) is 37.8 Å². The lowest BCUT2D eigenvalue weighted by Gasteiger charge is -2.42. The van der Waals surface area contributed by atoms with Gasteiger partial charge in [0.2, 0.25) is 0 Å². The van der Waals surface area contributed by atoms with Crippen molar-refractivity contribution < 1.29 is 9.18 Å². The number of hydrazine groups is 2. The largest absolute Gasteiger partial charge is 0.373 e. The summed E-state index contributed by atoms with van der Waals surface area (Å²) in [5.74, 6) is -0.880. The van der Waals surface area contributed by atoms with Crippen molar-refractivity contribution in [2.24, 2.45) is 0 Å². The molecule has 10 nitrogen and oxygen atoms in total. The van der Waals surface area contributed by atoms with E-state index in [1.54, 1.807) is 32.3 Å². The van der Waals surface area contributed by atoms with Gasteiger partial charge in [0.15, 0.2) is 5.82 Å². The first-order valence-electron chi connectivity index (χ1n) is 16.5. The summed E-state index contributed by atoms with van der Waals surface area (Å²) < 4.78 is 15.2. The number of rotatable bonds is 8. The third kappa shape index (κ3) is 7.66. The number of amides is 1. The third-order valence-electron chi connectivity index (χ3n) is 9.25. The molecule has 0 bridgehead atoms. The molecule has 2 aliphatic heterocycles. The number of pyridine rings is 1. The Morgan fingerprint density at radius 2 is 1.84 bits per heavy atom. The maximum Gasteiger partial charge on any atom is 0.253 e. The molecule has 3 heterocycles. The smallest absolute Gasteiger partial charge is 0.253 e. The second-order valence-electron chi connectivity index (χ2n) is 13.9. The average Bonchev–Trinajstić information content (AvgIpc) is 3.60. The van der Waals surface area contributed by atoms with Gasteiger partial charge in [-0.15, -0.1) is 5.53 Å². The number of piperidine rings is 1. The molecule has 266 valence electrons. The van der Waals surface area contributed by atoms with E-state index in [4.69, 9.17) is 34.8 Å². The van der Waals surface area contributed by atoms with Crippen molar-refractivity contribution in [2.45, 2.75) is 51.2 Å². The van der Waals surface area contributed by atoms with E-state index in [1.807, 2.05) is 18.2 Å². The minimum Gasteiger partial charge on any atom is -0.373 e. The second kappa shape index (κ2) is 14.7. The molecule has 2 aliphatic rings. The van der Waals surface area contributed by atoms with Gasteiger partial charge in [-0.2, -0.15) is 5.26 Å². The van der Waals surface area contributed by atoms with E-state index in [2.05, 4.69) is 69.5 Å². The average molecular weight is 751 g/mol. The molecule has 1 saturated heterocycles. The number of nitrogens with one attached hydrogen (secondary N) is 4. The zero-order chi connectivity index (χ0) is 36.6. The lowest BCUT2D eigenvalue weighted by atomic mass is 9.97. The van der Waals surface area contributed by atoms with Crippen LogP contribution in [0, 0.1) is 17.1 Å².